The van der Waals surface area contributed by atoms with E-state index in [9.17, 15) is 17.2 Å². The van der Waals surface area contributed by atoms with Gasteiger partial charge in [-0.2, -0.15) is 5.26 Å². The first-order valence-corrected chi connectivity index (χ1v) is 8.95. The molecule has 0 aliphatic carbocycles. The van der Waals surface area contributed by atoms with Crippen LogP contribution < -0.4 is 4.72 Å². The monoisotopic (exact) mass is 373 g/mol. The van der Waals surface area contributed by atoms with E-state index in [4.69, 9.17) is 5.26 Å². The molecule has 0 aliphatic rings. The van der Waals surface area contributed by atoms with E-state index in [1.54, 1.807) is 19.1 Å². The van der Waals surface area contributed by atoms with Crippen LogP contribution in [0.25, 0.3) is 11.3 Å². The van der Waals surface area contributed by atoms with Gasteiger partial charge in [0, 0.05) is 17.5 Å². The van der Waals surface area contributed by atoms with Crippen LogP contribution in [0.4, 0.5) is 14.5 Å². The molecule has 2 aromatic carbocycles. The van der Waals surface area contributed by atoms with Gasteiger partial charge in [0.1, 0.15) is 16.5 Å². The summed E-state index contributed by atoms with van der Waals surface area (Å²) in [5, 5.41) is 8.73. The van der Waals surface area contributed by atoms with Crippen molar-refractivity contribution in [2.24, 2.45) is 0 Å². The molecule has 0 atom stereocenters. The zero-order valence-corrected chi connectivity index (χ0v) is 14.4. The first kappa shape index (κ1) is 17.6. The van der Waals surface area contributed by atoms with Gasteiger partial charge in [-0.3, -0.25) is 4.72 Å². The Morgan fingerprint density at radius 3 is 2.54 bits per heavy atom. The second-order valence-corrected chi connectivity index (χ2v) is 7.36. The molecule has 0 amide bonds. The summed E-state index contributed by atoms with van der Waals surface area (Å²) >= 11 is 0. The number of benzene rings is 2. The van der Waals surface area contributed by atoms with Gasteiger partial charge >= 0.3 is 0 Å². The summed E-state index contributed by atoms with van der Waals surface area (Å²) in [5.74, 6) is -1.29. The average molecular weight is 373 g/mol. The van der Waals surface area contributed by atoms with Crippen molar-refractivity contribution in [2.75, 3.05) is 4.72 Å². The highest BCUT2D eigenvalue weighted by Gasteiger charge is 2.19. The molecule has 5 nitrogen and oxygen atoms in total. The van der Waals surface area contributed by atoms with Crippen molar-refractivity contribution in [1.82, 2.24) is 4.98 Å². The number of aromatic amines is 1. The van der Waals surface area contributed by atoms with Gasteiger partial charge in [0.05, 0.1) is 17.3 Å². The highest BCUT2D eigenvalue weighted by Crippen LogP contribution is 2.25. The van der Waals surface area contributed by atoms with E-state index in [-0.39, 0.29) is 16.1 Å². The largest absolute Gasteiger partial charge is 0.360 e. The van der Waals surface area contributed by atoms with Crippen LogP contribution in [0.1, 0.15) is 11.1 Å². The molecule has 2 N–H and O–H groups in total. The third-order valence-electron chi connectivity index (χ3n) is 3.66. The van der Waals surface area contributed by atoms with Crippen LogP contribution in [0.3, 0.4) is 0 Å². The van der Waals surface area contributed by atoms with E-state index in [0.29, 0.717) is 16.8 Å². The van der Waals surface area contributed by atoms with Crippen LogP contribution in [0, 0.1) is 29.9 Å². The number of nitrogens with zero attached hydrogens (tertiary/aromatic N) is 1. The molecule has 8 heteroatoms. The fraction of sp³-hybridized carbons (Fsp3) is 0.0556. The minimum Gasteiger partial charge on any atom is -0.360 e. The van der Waals surface area contributed by atoms with Crippen LogP contribution in [0.5, 0.6) is 0 Å². The molecule has 26 heavy (non-hydrogen) atoms. The van der Waals surface area contributed by atoms with E-state index < -0.39 is 21.7 Å². The Bertz CT molecular complexity index is 1110. The molecule has 132 valence electrons. The third kappa shape index (κ3) is 3.58. The lowest BCUT2D eigenvalue weighted by molar-refractivity contribution is 0.598. The maximum atomic E-state index is 13.9. The van der Waals surface area contributed by atoms with Crippen LogP contribution in [-0.4, -0.2) is 13.4 Å². The number of hydrogen-bond donors (Lipinski definition) is 2. The molecular formula is C18H13F2N3O2S. The summed E-state index contributed by atoms with van der Waals surface area (Å²) in [4.78, 5) is 2.65. The predicted molar refractivity (Wildman–Crippen MR) is 92.8 cm³/mol. The quantitative estimate of drug-likeness (QED) is 0.726. The van der Waals surface area contributed by atoms with Crippen LogP contribution in [-0.2, 0) is 10.0 Å². The van der Waals surface area contributed by atoms with E-state index in [1.807, 2.05) is 0 Å². The first-order valence-electron chi connectivity index (χ1n) is 7.47. The van der Waals surface area contributed by atoms with Crippen LogP contribution >= 0.6 is 0 Å². The fourth-order valence-corrected chi connectivity index (χ4v) is 3.52. The lowest BCUT2D eigenvalue weighted by Gasteiger charge is -2.07. The molecule has 3 rings (SSSR count). The van der Waals surface area contributed by atoms with Gasteiger partial charge < -0.3 is 4.98 Å². The second kappa shape index (κ2) is 6.61. The predicted octanol–water partition coefficient (Wildman–Crippen LogP) is 3.94. The maximum Gasteiger partial charge on any atom is 0.263 e. The highest BCUT2D eigenvalue weighted by molar-refractivity contribution is 7.92. The van der Waals surface area contributed by atoms with Gasteiger partial charge in [0.15, 0.2) is 0 Å². The minimum absolute atomic E-state index is 0.0795. The standard InChI is InChI=1S/C18H13F2N3O2S/c1-11-4-13(7-14(19)5-11)18-8-15(10-22-18)26(24,25)23-17-3-2-12(9-21)6-16(17)20/h2-8,10,22-23H,1H3. The maximum absolute atomic E-state index is 13.9. The number of aryl methyl sites for hydroxylation is 1. The van der Waals surface area contributed by atoms with Crippen molar-refractivity contribution in [3.05, 3.63) is 71.4 Å². The van der Waals surface area contributed by atoms with Gasteiger partial charge in [0.2, 0.25) is 0 Å². The molecular weight excluding hydrogens is 360 g/mol. The lowest BCUT2D eigenvalue weighted by atomic mass is 10.1. The topological polar surface area (TPSA) is 85.8 Å². The Morgan fingerprint density at radius 2 is 1.88 bits per heavy atom. The number of halogens is 2. The molecule has 1 aromatic heterocycles. The zero-order valence-electron chi connectivity index (χ0n) is 13.5. The third-order valence-corrected chi connectivity index (χ3v) is 5.01. The van der Waals surface area contributed by atoms with Crippen molar-refractivity contribution in [1.29, 1.82) is 5.26 Å². The molecule has 0 radical (unpaired) electrons. The summed E-state index contributed by atoms with van der Waals surface area (Å²) in [6, 6.07) is 10.9. The summed E-state index contributed by atoms with van der Waals surface area (Å²) < 4.78 is 54.5. The molecule has 0 saturated heterocycles. The molecule has 0 bridgehead atoms. The Hall–Kier alpha value is -3.18. The molecule has 3 aromatic rings. The Balaban J connectivity index is 1.91. The number of sulfonamides is 1. The molecule has 0 spiro atoms. The summed E-state index contributed by atoms with van der Waals surface area (Å²) in [6.07, 6.45) is 1.24. The van der Waals surface area contributed by atoms with Crippen molar-refractivity contribution in [3.63, 3.8) is 0 Å². The first-order chi connectivity index (χ1) is 12.3. The lowest BCUT2D eigenvalue weighted by Crippen LogP contribution is -2.13. The number of nitrogens with one attached hydrogen (secondary N) is 2. The van der Waals surface area contributed by atoms with Crippen LogP contribution in [0.2, 0.25) is 0 Å². The minimum atomic E-state index is -4.06. The van der Waals surface area contributed by atoms with Gasteiger partial charge in [-0.25, -0.2) is 17.2 Å². The van der Waals surface area contributed by atoms with Gasteiger partial charge in [-0.1, -0.05) is 0 Å². The van der Waals surface area contributed by atoms with Crippen molar-refractivity contribution in [3.8, 4) is 17.3 Å². The van der Waals surface area contributed by atoms with Gasteiger partial charge in [-0.05, 0) is 55.0 Å². The fourth-order valence-electron chi connectivity index (χ4n) is 2.46. The molecule has 0 unspecified atom stereocenters. The van der Waals surface area contributed by atoms with Crippen molar-refractivity contribution >= 4 is 15.7 Å². The van der Waals surface area contributed by atoms with E-state index in [1.165, 1.54) is 36.5 Å². The number of rotatable bonds is 4. The van der Waals surface area contributed by atoms with Gasteiger partial charge in [-0.15, -0.1) is 0 Å². The number of hydrogen-bond acceptors (Lipinski definition) is 3. The SMILES string of the molecule is Cc1cc(F)cc(-c2cc(S(=O)(=O)Nc3ccc(C#N)cc3F)c[nH]2)c1. The highest BCUT2D eigenvalue weighted by atomic mass is 32.2. The van der Waals surface area contributed by atoms with Crippen LogP contribution in [0.15, 0.2) is 53.6 Å². The Morgan fingerprint density at radius 1 is 1.12 bits per heavy atom. The average Bonchev–Trinajstić information content (AvgIpc) is 3.07. The summed E-state index contributed by atoms with van der Waals surface area (Å²) in [6.45, 7) is 1.72. The van der Waals surface area contributed by atoms with E-state index in [2.05, 4.69) is 9.71 Å². The molecule has 0 aliphatic heterocycles. The summed E-state index contributed by atoms with van der Waals surface area (Å²) in [7, 11) is -4.06. The number of H-pyrrole nitrogens is 1. The smallest absolute Gasteiger partial charge is 0.263 e. The summed E-state index contributed by atoms with van der Waals surface area (Å²) in [5.41, 5.74) is 1.41. The van der Waals surface area contributed by atoms with E-state index >= 15 is 0 Å². The van der Waals surface area contributed by atoms with Crippen molar-refractivity contribution in [2.45, 2.75) is 11.8 Å². The molecule has 0 saturated carbocycles. The normalized spacial score (nSPS) is 11.2. The zero-order chi connectivity index (χ0) is 18.9. The van der Waals surface area contributed by atoms with Crippen molar-refractivity contribution < 1.29 is 17.2 Å². The number of aromatic nitrogens is 1. The Labute approximate surface area is 149 Å². The second-order valence-electron chi connectivity index (χ2n) is 5.68. The number of anilines is 1. The van der Waals surface area contributed by atoms with E-state index in [0.717, 1.165) is 6.07 Å². The molecule has 1 heterocycles. The molecule has 0 fully saturated rings. The number of nitriles is 1. The van der Waals surface area contributed by atoms with Gasteiger partial charge in [0.25, 0.3) is 10.0 Å². The Kier molecular flexibility index (Phi) is 4.49.